The van der Waals surface area contributed by atoms with Crippen LogP contribution in [0, 0.1) is 28.6 Å². The number of hydrogen-bond donors (Lipinski definition) is 2. The van der Waals surface area contributed by atoms with Gasteiger partial charge >= 0.3 is 11.9 Å². The molecule has 5 rings (SSSR count). The lowest BCUT2D eigenvalue weighted by atomic mass is 9.43. The third-order valence-electron chi connectivity index (χ3n) is 7.46. The van der Waals surface area contributed by atoms with E-state index in [1.54, 1.807) is 18.2 Å². The van der Waals surface area contributed by atoms with Crippen molar-refractivity contribution in [3.8, 4) is 0 Å². The molecule has 1 spiro atoms. The van der Waals surface area contributed by atoms with Gasteiger partial charge in [0.2, 0.25) is 0 Å². The molecule has 1 aromatic rings. The molecule has 1 saturated carbocycles. The van der Waals surface area contributed by atoms with Gasteiger partial charge in [0.1, 0.15) is 6.10 Å². The molecule has 0 unspecified atom stereocenters. The van der Waals surface area contributed by atoms with E-state index in [4.69, 9.17) is 13.9 Å². The van der Waals surface area contributed by atoms with E-state index in [1.807, 2.05) is 6.92 Å². The van der Waals surface area contributed by atoms with Gasteiger partial charge in [-0.05, 0) is 18.9 Å². The fraction of sp³-hybridized carbons (Fsp3) is 0.600. The first-order valence-corrected chi connectivity index (χ1v) is 9.33. The highest BCUT2D eigenvalue weighted by molar-refractivity contribution is 5.79. The zero-order valence-electron chi connectivity index (χ0n) is 14.9. The maximum Gasteiger partial charge on any atom is 0.313 e. The van der Waals surface area contributed by atoms with Crippen molar-refractivity contribution >= 4 is 11.9 Å². The number of rotatable bonds is 1. The van der Waals surface area contributed by atoms with E-state index in [0.717, 1.165) is 0 Å². The molecule has 7 nitrogen and oxygen atoms in total. The second-order valence-electron chi connectivity index (χ2n) is 8.49. The fourth-order valence-electron chi connectivity index (χ4n) is 6.21. The molecule has 27 heavy (non-hydrogen) atoms. The van der Waals surface area contributed by atoms with E-state index in [2.05, 4.69) is 0 Å². The fourth-order valence-corrected chi connectivity index (χ4v) is 6.21. The highest BCUT2D eigenvalue weighted by Gasteiger charge is 2.71. The molecule has 2 saturated heterocycles. The van der Waals surface area contributed by atoms with Gasteiger partial charge in [-0.3, -0.25) is 9.59 Å². The van der Waals surface area contributed by atoms with Crippen molar-refractivity contribution in [2.24, 2.45) is 28.6 Å². The lowest BCUT2D eigenvalue weighted by molar-refractivity contribution is -0.242. The van der Waals surface area contributed by atoms with Gasteiger partial charge in [-0.1, -0.05) is 19.1 Å². The molecule has 0 aromatic carbocycles. The molecule has 2 aliphatic heterocycles. The van der Waals surface area contributed by atoms with Crippen molar-refractivity contribution in [2.45, 2.75) is 38.1 Å². The molecule has 1 aromatic heterocycles. The summed E-state index contributed by atoms with van der Waals surface area (Å²) >= 11 is 0. The van der Waals surface area contributed by atoms with E-state index in [0.29, 0.717) is 18.4 Å². The molecule has 8 atom stereocenters. The highest BCUT2D eigenvalue weighted by atomic mass is 16.6. The van der Waals surface area contributed by atoms with Crippen LogP contribution in [0.2, 0.25) is 0 Å². The number of carbonyl (C=O) groups is 2. The quantitative estimate of drug-likeness (QED) is 0.565. The van der Waals surface area contributed by atoms with Crippen LogP contribution in [0.3, 0.4) is 0 Å². The van der Waals surface area contributed by atoms with E-state index < -0.39 is 46.9 Å². The zero-order chi connectivity index (χ0) is 19.0. The third kappa shape index (κ3) is 1.99. The summed E-state index contributed by atoms with van der Waals surface area (Å²) in [6.45, 7) is 2.03. The number of cyclic esters (lactones) is 2. The first kappa shape index (κ1) is 17.0. The molecule has 144 valence electrons. The molecule has 7 heteroatoms. The molecular weight excluding hydrogens is 352 g/mol. The lowest BCUT2D eigenvalue weighted by Crippen LogP contribution is -2.66. The van der Waals surface area contributed by atoms with Crippen LogP contribution in [0.5, 0.6) is 0 Å². The summed E-state index contributed by atoms with van der Waals surface area (Å²) < 4.78 is 16.1. The second-order valence-corrected chi connectivity index (χ2v) is 8.49. The molecule has 4 aliphatic rings. The molecule has 2 aliphatic carbocycles. The van der Waals surface area contributed by atoms with Crippen molar-refractivity contribution in [2.75, 3.05) is 6.61 Å². The maximum atomic E-state index is 12.9. The number of aliphatic hydroxyl groups excluding tert-OH is 2. The highest BCUT2D eigenvalue weighted by Crippen LogP contribution is 2.66. The van der Waals surface area contributed by atoms with Gasteiger partial charge in [-0.15, -0.1) is 0 Å². The Kier molecular flexibility index (Phi) is 3.44. The summed E-state index contributed by atoms with van der Waals surface area (Å²) in [6.07, 6.45) is 4.49. The van der Waals surface area contributed by atoms with Crippen LogP contribution < -0.4 is 0 Å². The van der Waals surface area contributed by atoms with Crippen molar-refractivity contribution < 1.29 is 33.7 Å². The van der Waals surface area contributed by atoms with Crippen LogP contribution in [0.1, 0.15) is 31.4 Å². The summed E-state index contributed by atoms with van der Waals surface area (Å²) in [7, 11) is 0. The predicted molar refractivity (Wildman–Crippen MR) is 89.9 cm³/mol. The number of carbonyl (C=O) groups excluding carboxylic acids is 2. The van der Waals surface area contributed by atoms with E-state index in [-0.39, 0.29) is 18.5 Å². The zero-order valence-corrected chi connectivity index (χ0v) is 14.9. The topological polar surface area (TPSA) is 106 Å². The van der Waals surface area contributed by atoms with Gasteiger partial charge in [0.25, 0.3) is 0 Å². The summed E-state index contributed by atoms with van der Waals surface area (Å²) in [5, 5.41) is 22.3. The number of furan rings is 1. The van der Waals surface area contributed by atoms with E-state index in [1.165, 1.54) is 12.5 Å². The Morgan fingerprint density at radius 1 is 1.19 bits per heavy atom. The van der Waals surface area contributed by atoms with Gasteiger partial charge < -0.3 is 24.1 Å². The molecule has 3 fully saturated rings. The van der Waals surface area contributed by atoms with Crippen LogP contribution in [0.15, 0.2) is 35.2 Å². The first-order chi connectivity index (χ1) is 12.9. The molecular formula is C20H22O7. The Labute approximate surface area is 155 Å². The molecule has 2 N–H and O–H groups in total. The Morgan fingerprint density at radius 2 is 2.00 bits per heavy atom. The number of esters is 2. The van der Waals surface area contributed by atoms with Gasteiger partial charge in [0.05, 0.1) is 37.1 Å². The lowest BCUT2D eigenvalue weighted by Gasteiger charge is -2.61. The van der Waals surface area contributed by atoms with Crippen molar-refractivity contribution in [1.82, 2.24) is 0 Å². The summed E-state index contributed by atoms with van der Waals surface area (Å²) in [5.41, 5.74) is -1.01. The normalized spacial score (nSPS) is 48.3. The number of aliphatic hydroxyl groups is 2. The van der Waals surface area contributed by atoms with Crippen molar-refractivity contribution in [3.63, 3.8) is 0 Å². The molecule has 0 bridgehead atoms. The minimum Gasteiger partial charge on any atom is -0.472 e. The summed E-state index contributed by atoms with van der Waals surface area (Å²) in [5.74, 6) is -2.19. The Morgan fingerprint density at radius 3 is 2.74 bits per heavy atom. The number of fused-ring (bicyclic) bond motifs is 2. The smallest absolute Gasteiger partial charge is 0.313 e. The predicted octanol–water partition coefficient (Wildman–Crippen LogP) is 1.36. The van der Waals surface area contributed by atoms with E-state index in [9.17, 15) is 19.8 Å². The average Bonchev–Trinajstić information content (AvgIpc) is 3.27. The van der Waals surface area contributed by atoms with Crippen LogP contribution >= 0.6 is 0 Å². The van der Waals surface area contributed by atoms with Crippen LogP contribution in [-0.2, 0) is 19.1 Å². The van der Waals surface area contributed by atoms with Gasteiger partial charge in [0, 0.05) is 22.3 Å². The molecule has 3 heterocycles. The largest absolute Gasteiger partial charge is 0.472 e. The standard InChI is InChI=1S/C20H22O7/c1-19-11(18(24)27-14(16(19)22)10-5-7-25-8-10)4-6-20-9-26-17(23)12(20)2-3-13(21)15(19)20/h2-3,5,7-8,11-16,21-22H,4,6,9H2,1H3/t11-,12+,13-,14+,15-,16+,19+,20-/m1/s1. The second kappa shape index (κ2) is 5.45. The Balaban J connectivity index is 1.64. The van der Waals surface area contributed by atoms with Crippen LogP contribution in [0.4, 0.5) is 0 Å². The van der Waals surface area contributed by atoms with Gasteiger partial charge in [0.15, 0.2) is 6.10 Å². The minimum absolute atomic E-state index is 0.197. The van der Waals surface area contributed by atoms with Crippen molar-refractivity contribution in [1.29, 1.82) is 0 Å². The summed E-state index contributed by atoms with van der Waals surface area (Å²) in [6, 6.07) is 1.66. The van der Waals surface area contributed by atoms with Crippen LogP contribution in [-0.4, -0.2) is 41.0 Å². The summed E-state index contributed by atoms with van der Waals surface area (Å²) in [4.78, 5) is 25.2. The van der Waals surface area contributed by atoms with Gasteiger partial charge in [-0.25, -0.2) is 0 Å². The maximum absolute atomic E-state index is 12.9. The SMILES string of the molecule is C[C@]12[C@H](CC[C@@]34COC(=O)[C@@H]3C=C[C@@H](O)[C@@H]41)C(=O)O[C@@H](c1ccoc1)[C@@H]2O. The van der Waals surface area contributed by atoms with Crippen LogP contribution in [0.25, 0.3) is 0 Å². The Bertz CT molecular complexity index is 814. The number of hydrogen-bond acceptors (Lipinski definition) is 7. The van der Waals surface area contributed by atoms with E-state index >= 15 is 0 Å². The third-order valence-corrected chi connectivity index (χ3v) is 7.46. The number of ether oxygens (including phenoxy) is 2. The molecule has 0 amide bonds. The Hall–Kier alpha value is -2.12. The average molecular weight is 374 g/mol. The minimum atomic E-state index is -1.04. The van der Waals surface area contributed by atoms with Gasteiger partial charge in [-0.2, -0.15) is 0 Å². The molecule has 0 radical (unpaired) electrons. The monoisotopic (exact) mass is 374 g/mol. The first-order valence-electron chi connectivity index (χ1n) is 9.33. The van der Waals surface area contributed by atoms with Crippen molar-refractivity contribution in [3.05, 3.63) is 36.3 Å².